The summed E-state index contributed by atoms with van der Waals surface area (Å²) in [5.41, 5.74) is 8.37. The molecule has 0 saturated carbocycles. The first kappa shape index (κ1) is 13.4. The molecule has 0 aliphatic heterocycles. The number of amides is 1. The summed E-state index contributed by atoms with van der Waals surface area (Å²) in [6, 6.07) is 0.235. The lowest BCUT2D eigenvalue weighted by Gasteiger charge is -2.16. The largest absolute Gasteiger partial charge is 0.328 e. The molecule has 0 bridgehead atoms. The van der Waals surface area contributed by atoms with Crippen LogP contribution in [0.1, 0.15) is 33.1 Å². The second kappa shape index (κ2) is 6.79. The van der Waals surface area contributed by atoms with Gasteiger partial charge in [0.05, 0.1) is 0 Å². The van der Waals surface area contributed by atoms with E-state index in [1.165, 1.54) is 0 Å². The molecule has 84 valence electrons. The third-order valence-corrected chi connectivity index (χ3v) is 2.08. The first-order valence-electron chi connectivity index (χ1n) is 5.17. The first-order valence-corrected chi connectivity index (χ1v) is 5.17. The number of nitrogens with two attached hydrogens (primary N) is 1. The predicted molar refractivity (Wildman–Crippen MR) is 58.5 cm³/mol. The van der Waals surface area contributed by atoms with E-state index in [2.05, 4.69) is 5.43 Å². The highest BCUT2D eigenvalue weighted by Crippen LogP contribution is 2.08. The van der Waals surface area contributed by atoms with Crippen LogP contribution >= 0.6 is 0 Å². The Labute approximate surface area is 86.8 Å². The van der Waals surface area contributed by atoms with Crippen LogP contribution in [-0.2, 0) is 4.79 Å². The molecule has 0 aromatic carbocycles. The highest BCUT2D eigenvalue weighted by atomic mass is 16.2. The molecule has 0 radical (unpaired) electrons. The van der Waals surface area contributed by atoms with Crippen LogP contribution in [-0.4, -0.2) is 31.1 Å². The lowest BCUT2D eigenvalue weighted by molar-refractivity contribution is -0.128. The number of carbonyl (C=O) groups is 1. The Morgan fingerprint density at radius 2 is 1.93 bits per heavy atom. The molecule has 1 amide bonds. The minimum Gasteiger partial charge on any atom is -0.328 e. The Bertz CT molecular complexity index is 169. The molecule has 4 heteroatoms. The minimum atomic E-state index is 0.0659. The molecule has 0 aliphatic rings. The van der Waals surface area contributed by atoms with E-state index in [1.807, 2.05) is 27.9 Å². The number of rotatable bonds is 6. The van der Waals surface area contributed by atoms with Gasteiger partial charge in [0, 0.05) is 26.1 Å². The van der Waals surface area contributed by atoms with Gasteiger partial charge in [0.1, 0.15) is 0 Å². The van der Waals surface area contributed by atoms with Crippen LogP contribution in [0, 0.1) is 5.92 Å². The number of nitrogens with zero attached hydrogens (tertiary/aromatic N) is 1. The van der Waals surface area contributed by atoms with Crippen molar-refractivity contribution in [2.45, 2.75) is 39.2 Å². The van der Waals surface area contributed by atoms with Crippen LogP contribution in [0.15, 0.2) is 0 Å². The van der Waals surface area contributed by atoms with Crippen molar-refractivity contribution >= 4 is 5.91 Å². The number of hydrogen-bond donors (Lipinski definition) is 2. The standard InChI is InChI=1S/C10H23N3O/c1-8(6-5-7-9(2)11)10(14)12-13(3)4/h8-9H,5-7,11H2,1-4H3,(H,12,14). The van der Waals surface area contributed by atoms with Crippen LogP contribution in [0.2, 0.25) is 0 Å². The average molecular weight is 201 g/mol. The molecule has 2 unspecified atom stereocenters. The monoisotopic (exact) mass is 201 g/mol. The average Bonchev–Trinajstić information content (AvgIpc) is 2.01. The maximum Gasteiger partial charge on any atom is 0.237 e. The summed E-state index contributed by atoms with van der Waals surface area (Å²) >= 11 is 0. The molecule has 4 nitrogen and oxygen atoms in total. The van der Waals surface area contributed by atoms with Gasteiger partial charge >= 0.3 is 0 Å². The molecular formula is C10H23N3O. The third-order valence-electron chi connectivity index (χ3n) is 2.08. The Kier molecular flexibility index (Phi) is 6.49. The maximum absolute atomic E-state index is 11.4. The fourth-order valence-electron chi connectivity index (χ4n) is 1.21. The number of nitrogens with one attached hydrogen (secondary N) is 1. The van der Waals surface area contributed by atoms with E-state index < -0.39 is 0 Å². The summed E-state index contributed by atoms with van der Waals surface area (Å²) < 4.78 is 0. The molecule has 3 N–H and O–H groups in total. The maximum atomic E-state index is 11.4. The predicted octanol–water partition coefficient (Wildman–Crippen LogP) is 0.733. The summed E-state index contributed by atoms with van der Waals surface area (Å²) in [5.74, 6) is 0.149. The molecule has 0 aromatic heterocycles. The molecule has 0 saturated heterocycles. The van der Waals surface area contributed by atoms with Gasteiger partial charge in [-0.1, -0.05) is 13.3 Å². The smallest absolute Gasteiger partial charge is 0.237 e. The molecule has 0 heterocycles. The Balaban J connectivity index is 3.62. The van der Waals surface area contributed by atoms with Gasteiger partial charge in [-0.2, -0.15) is 0 Å². The van der Waals surface area contributed by atoms with Crippen LogP contribution in [0.5, 0.6) is 0 Å². The van der Waals surface area contributed by atoms with Crippen molar-refractivity contribution in [1.29, 1.82) is 0 Å². The first-order chi connectivity index (χ1) is 6.43. The highest BCUT2D eigenvalue weighted by molar-refractivity contribution is 5.77. The zero-order valence-electron chi connectivity index (χ0n) is 9.71. The fraction of sp³-hybridized carbons (Fsp3) is 0.900. The summed E-state index contributed by atoms with van der Waals surface area (Å²) in [4.78, 5) is 11.4. The van der Waals surface area contributed by atoms with Crippen LogP contribution in [0.3, 0.4) is 0 Å². The SMILES string of the molecule is CC(N)CCCC(C)C(=O)NN(C)C. The van der Waals surface area contributed by atoms with Gasteiger partial charge in [-0.15, -0.1) is 0 Å². The zero-order chi connectivity index (χ0) is 11.1. The van der Waals surface area contributed by atoms with E-state index in [0.717, 1.165) is 19.3 Å². The van der Waals surface area contributed by atoms with Gasteiger partial charge in [-0.3, -0.25) is 10.2 Å². The van der Waals surface area contributed by atoms with Gasteiger partial charge in [0.2, 0.25) is 5.91 Å². The summed E-state index contributed by atoms with van der Waals surface area (Å²) in [6.45, 7) is 3.94. The van der Waals surface area contributed by atoms with Crippen molar-refractivity contribution in [3.05, 3.63) is 0 Å². The summed E-state index contributed by atoms with van der Waals surface area (Å²) in [6.07, 6.45) is 2.90. The van der Waals surface area contributed by atoms with Gasteiger partial charge in [0.25, 0.3) is 0 Å². The number of hydrazine groups is 1. The van der Waals surface area contributed by atoms with Gasteiger partial charge < -0.3 is 5.73 Å². The molecule has 14 heavy (non-hydrogen) atoms. The number of hydrogen-bond acceptors (Lipinski definition) is 3. The lowest BCUT2D eigenvalue weighted by atomic mass is 10.0. The molecular weight excluding hydrogens is 178 g/mol. The van der Waals surface area contributed by atoms with E-state index >= 15 is 0 Å². The Morgan fingerprint density at radius 3 is 2.36 bits per heavy atom. The quantitative estimate of drug-likeness (QED) is 0.623. The van der Waals surface area contributed by atoms with E-state index in [0.29, 0.717) is 0 Å². The summed E-state index contributed by atoms with van der Waals surface area (Å²) in [5, 5.41) is 1.67. The van der Waals surface area contributed by atoms with Crippen molar-refractivity contribution in [3.8, 4) is 0 Å². The normalized spacial score (nSPS) is 15.3. The zero-order valence-corrected chi connectivity index (χ0v) is 9.71. The van der Waals surface area contributed by atoms with Gasteiger partial charge in [0.15, 0.2) is 0 Å². The fourth-order valence-corrected chi connectivity index (χ4v) is 1.21. The third kappa shape index (κ3) is 6.86. The van der Waals surface area contributed by atoms with Crippen molar-refractivity contribution in [2.75, 3.05) is 14.1 Å². The van der Waals surface area contributed by atoms with E-state index in [9.17, 15) is 4.79 Å². The molecule has 0 aliphatic carbocycles. The highest BCUT2D eigenvalue weighted by Gasteiger charge is 2.12. The van der Waals surface area contributed by atoms with Crippen LogP contribution in [0.4, 0.5) is 0 Å². The topological polar surface area (TPSA) is 58.4 Å². The molecule has 0 spiro atoms. The van der Waals surface area contributed by atoms with Crippen LogP contribution < -0.4 is 11.2 Å². The molecule has 2 atom stereocenters. The second-order valence-electron chi connectivity index (χ2n) is 4.18. The van der Waals surface area contributed by atoms with E-state index in [1.54, 1.807) is 5.01 Å². The van der Waals surface area contributed by atoms with E-state index in [4.69, 9.17) is 5.73 Å². The summed E-state index contributed by atoms with van der Waals surface area (Å²) in [7, 11) is 3.62. The van der Waals surface area contributed by atoms with Crippen molar-refractivity contribution < 1.29 is 4.79 Å². The van der Waals surface area contributed by atoms with Crippen molar-refractivity contribution in [3.63, 3.8) is 0 Å². The molecule has 0 aromatic rings. The van der Waals surface area contributed by atoms with Crippen molar-refractivity contribution in [1.82, 2.24) is 10.4 Å². The lowest BCUT2D eigenvalue weighted by Crippen LogP contribution is -2.39. The van der Waals surface area contributed by atoms with Crippen LogP contribution in [0.25, 0.3) is 0 Å². The Morgan fingerprint density at radius 1 is 1.36 bits per heavy atom. The molecule has 0 fully saturated rings. The van der Waals surface area contributed by atoms with E-state index in [-0.39, 0.29) is 17.9 Å². The molecule has 0 rings (SSSR count). The van der Waals surface area contributed by atoms with Gasteiger partial charge in [-0.25, -0.2) is 5.01 Å². The second-order valence-corrected chi connectivity index (χ2v) is 4.18. The number of carbonyl (C=O) groups excluding carboxylic acids is 1. The van der Waals surface area contributed by atoms with Crippen molar-refractivity contribution in [2.24, 2.45) is 11.7 Å². The Hall–Kier alpha value is -0.610. The minimum absolute atomic E-state index is 0.0659. The van der Waals surface area contributed by atoms with Gasteiger partial charge in [-0.05, 0) is 19.8 Å².